The highest BCUT2D eigenvalue weighted by Crippen LogP contribution is 2.32. The zero-order valence-corrected chi connectivity index (χ0v) is 10.8. The number of carboxylic acid groups (broad SMARTS) is 1. The Labute approximate surface area is 111 Å². The van der Waals surface area contributed by atoms with E-state index >= 15 is 0 Å². The molecule has 18 heavy (non-hydrogen) atoms. The monoisotopic (exact) mass is 276 g/mol. The average Bonchev–Trinajstić information content (AvgIpc) is 2.94. The van der Waals surface area contributed by atoms with Crippen LogP contribution < -0.4 is 0 Å². The summed E-state index contributed by atoms with van der Waals surface area (Å²) in [7, 11) is 0. The first-order valence-corrected chi connectivity index (χ1v) is 6.90. The SMILES string of the molecule is O=C(O)Cc1csc(-c2nsc3ccccc23)n1. The maximum absolute atomic E-state index is 10.6. The number of aromatic nitrogens is 2. The molecule has 0 aliphatic rings. The number of hydrogen-bond acceptors (Lipinski definition) is 5. The maximum Gasteiger partial charge on any atom is 0.309 e. The van der Waals surface area contributed by atoms with Crippen LogP contribution in [0.25, 0.3) is 20.8 Å². The van der Waals surface area contributed by atoms with Gasteiger partial charge in [0.2, 0.25) is 0 Å². The molecule has 1 N–H and O–H groups in total. The minimum Gasteiger partial charge on any atom is -0.481 e. The van der Waals surface area contributed by atoms with Gasteiger partial charge in [-0.25, -0.2) is 4.98 Å². The predicted molar refractivity (Wildman–Crippen MR) is 72.1 cm³/mol. The molecule has 0 unspecified atom stereocenters. The summed E-state index contributed by atoms with van der Waals surface area (Å²) in [5.41, 5.74) is 1.43. The lowest BCUT2D eigenvalue weighted by atomic mass is 10.2. The number of carbonyl (C=O) groups is 1. The molecule has 2 aromatic heterocycles. The van der Waals surface area contributed by atoms with Crippen LogP contribution in [0.15, 0.2) is 29.6 Å². The molecule has 0 amide bonds. The Hall–Kier alpha value is -1.79. The summed E-state index contributed by atoms with van der Waals surface area (Å²) in [4.78, 5) is 15.0. The topological polar surface area (TPSA) is 63.1 Å². The molecule has 0 fully saturated rings. The number of rotatable bonds is 3. The molecule has 0 aliphatic heterocycles. The van der Waals surface area contributed by atoms with Crippen molar-refractivity contribution in [3.8, 4) is 10.7 Å². The zero-order chi connectivity index (χ0) is 12.5. The van der Waals surface area contributed by atoms with Crippen molar-refractivity contribution < 1.29 is 9.90 Å². The molecule has 0 atom stereocenters. The van der Waals surface area contributed by atoms with Gasteiger partial charge in [0.15, 0.2) is 0 Å². The molecule has 0 radical (unpaired) electrons. The number of aliphatic carboxylic acids is 1. The zero-order valence-electron chi connectivity index (χ0n) is 9.16. The Balaban J connectivity index is 2.04. The van der Waals surface area contributed by atoms with E-state index in [1.54, 1.807) is 5.38 Å². The van der Waals surface area contributed by atoms with Crippen LogP contribution in [-0.4, -0.2) is 20.4 Å². The van der Waals surface area contributed by atoms with Gasteiger partial charge in [-0.05, 0) is 17.6 Å². The van der Waals surface area contributed by atoms with E-state index in [9.17, 15) is 4.79 Å². The second-order valence-corrected chi connectivity index (χ2v) is 5.40. The Kier molecular flexibility index (Phi) is 2.81. The first-order chi connectivity index (χ1) is 8.74. The number of fused-ring (bicyclic) bond motifs is 1. The largest absolute Gasteiger partial charge is 0.481 e. The Morgan fingerprint density at radius 2 is 2.17 bits per heavy atom. The van der Waals surface area contributed by atoms with Gasteiger partial charge in [-0.2, -0.15) is 4.37 Å². The molecule has 1 aromatic carbocycles. The standard InChI is InChI=1S/C12H8N2O2S2/c15-10(16)5-7-6-17-12(13-7)11-8-3-1-2-4-9(8)18-14-11/h1-4,6H,5H2,(H,15,16). The molecule has 0 spiro atoms. The van der Waals surface area contributed by atoms with E-state index in [0.29, 0.717) is 5.69 Å². The molecule has 4 nitrogen and oxygen atoms in total. The van der Waals surface area contributed by atoms with Crippen LogP contribution in [0.1, 0.15) is 5.69 Å². The average molecular weight is 276 g/mol. The third-order valence-electron chi connectivity index (χ3n) is 2.46. The summed E-state index contributed by atoms with van der Waals surface area (Å²) in [6.45, 7) is 0. The number of carboxylic acids is 1. The highest BCUT2D eigenvalue weighted by atomic mass is 32.1. The fraction of sp³-hybridized carbons (Fsp3) is 0.0833. The number of thiazole rings is 1. The van der Waals surface area contributed by atoms with Crippen LogP contribution >= 0.6 is 22.9 Å². The van der Waals surface area contributed by atoms with E-state index in [1.807, 2.05) is 24.3 Å². The Morgan fingerprint density at radius 1 is 1.33 bits per heavy atom. The van der Waals surface area contributed by atoms with Crippen molar-refractivity contribution in [3.05, 3.63) is 35.3 Å². The number of nitrogens with zero attached hydrogens (tertiary/aromatic N) is 2. The summed E-state index contributed by atoms with van der Waals surface area (Å²) in [5.74, 6) is -0.866. The second-order valence-electron chi connectivity index (χ2n) is 3.74. The quantitative estimate of drug-likeness (QED) is 0.798. The summed E-state index contributed by atoms with van der Waals surface area (Å²) in [6, 6.07) is 7.96. The lowest BCUT2D eigenvalue weighted by Gasteiger charge is -1.91. The van der Waals surface area contributed by atoms with E-state index < -0.39 is 5.97 Å². The molecular formula is C12H8N2O2S2. The number of benzene rings is 1. The fourth-order valence-electron chi connectivity index (χ4n) is 1.69. The van der Waals surface area contributed by atoms with Crippen LogP contribution in [-0.2, 0) is 11.2 Å². The lowest BCUT2D eigenvalue weighted by molar-refractivity contribution is -0.136. The summed E-state index contributed by atoms with van der Waals surface area (Å²) in [5, 5.41) is 12.4. The van der Waals surface area contributed by atoms with E-state index in [2.05, 4.69) is 9.36 Å². The minimum atomic E-state index is -0.866. The van der Waals surface area contributed by atoms with Crippen LogP contribution in [0.5, 0.6) is 0 Å². The highest BCUT2D eigenvalue weighted by Gasteiger charge is 2.13. The van der Waals surface area contributed by atoms with Crippen LogP contribution in [0.4, 0.5) is 0 Å². The second kappa shape index (κ2) is 4.47. The molecule has 3 rings (SSSR count). The van der Waals surface area contributed by atoms with Gasteiger partial charge < -0.3 is 5.11 Å². The predicted octanol–water partition coefficient (Wildman–Crippen LogP) is 3.05. The normalized spacial score (nSPS) is 10.9. The first-order valence-electron chi connectivity index (χ1n) is 5.25. The van der Waals surface area contributed by atoms with E-state index in [1.165, 1.54) is 22.9 Å². The smallest absolute Gasteiger partial charge is 0.309 e. The van der Waals surface area contributed by atoms with Crippen molar-refractivity contribution >= 4 is 38.9 Å². The lowest BCUT2D eigenvalue weighted by Crippen LogP contribution is -1.99. The van der Waals surface area contributed by atoms with Crippen molar-refractivity contribution in [2.45, 2.75) is 6.42 Å². The highest BCUT2D eigenvalue weighted by molar-refractivity contribution is 7.15. The summed E-state index contributed by atoms with van der Waals surface area (Å²) >= 11 is 2.87. The first kappa shape index (κ1) is 11.3. The third kappa shape index (κ3) is 2.00. The summed E-state index contributed by atoms with van der Waals surface area (Å²) in [6.07, 6.45) is -0.0431. The molecule has 2 heterocycles. The van der Waals surface area contributed by atoms with Crippen molar-refractivity contribution in [2.75, 3.05) is 0 Å². The van der Waals surface area contributed by atoms with Gasteiger partial charge in [-0.1, -0.05) is 18.2 Å². The molecule has 0 aliphatic carbocycles. The minimum absolute atomic E-state index is 0.0431. The van der Waals surface area contributed by atoms with Gasteiger partial charge in [0.25, 0.3) is 0 Å². The maximum atomic E-state index is 10.6. The van der Waals surface area contributed by atoms with Gasteiger partial charge in [0.05, 0.1) is 16.8 Å². The van der Waals surface area contributed by atoms with Crippen LogP contribution in [0.3, 0.4) is 0 Å². The molecular weight excluding hydrogens is 268 g/mol. The van der Waals surface area contributed by atoms with Crippen LogP contribution in [0, 0.1) is 0 Å². The van der Waals surface area contributed by atoms with Gasteiger partial charge >= 0.3 is 5.97 Å². The molecule has 3 aromatic rings. The molecule has 6 heteroatoms. The van der Waals surface area contributed by atoms with Gasteiger partial charge in [-0.3, -0.25) is 4.79 Å². The number of hydrogen-bond donors (Lipinski definition) is 1. The molecule has 0 bridgehead atoms. The fourth-order valence-corrected chi connectivity index (χ4v) is 3.35. The van der Waals surface area contributed by atoms with Gasteiger partial charge in [0.1, 0.15) is 10.7 Å². The van der Waals surface area contributed by atoms with Crippen molar-refractivity contribution in [1.82, 2.24) is 9.36 Å². The summed E-state index contributed by atoms with van der Waals surface area (Å²) < 4.78 is 5.51. The molecule has 0 saturated carbocycles. The van der Waals surface area contributed by atoms with Crippen molar-refractivity contribution in [1.29, 1.82) is 0 Å². The van der Waals surface area contributed by atoms with E-state index in [4.69, 9.17) is 5.11 Å². The Morgan fingerprint density at radius 3 is 3.00 bits per heavy atom. The molecule has 0 saturated heterocycles. The van der Waals surface area contributed by atoms with Crippen LogP contribution in [0.2, 0.25) is 0 Å². The van der Waals surface area contributed by atoms with E-state index in [0.717, 1.165) is 20.8 Å². The van der Waals surface area contributed by atoms with Gasteiger partial charge in [-0.15, -0.1) is 11.3 Å². The van der Waals surface area contributed by atoms with Crippen molar-refractivity contribution in [2.24, 2.45) is 0 Å². The van der Waals surface area contributed by atoms with Gasteiger partial charge in [0, 0.05) is 10.8 Å². The van der Waals surface area contributed by atoms with E-state index in [-0.39, 0.29) is 6.42 Å². The third-order valence-corrected chi connectivity index (χ3v) is 4.19. The van der Waals surface area contributed by atoms with Crippen molar-refractivity contribution in [3.63, 3.8) is 0 Å². The Bertz CT molecular complexity index is 718. The molecule has 90 valence electrons.